The number of likely N-dealkylation sites (N-methyl/N-ethyl adjacent to an activating group) is 1. The van der Waals surface area contributed by atoms with Gasteiger partial charge in [-0.25, -0.2) is 0 Å². The first kappa shape index (κ1) is 16.3. The van der Waals surface area contributed by atoms with E-state index in [1.165, 1.54) is 25.0 Å². The van der Waals surface area contributed by atoms with Gasteiger partial charge >= 0.3 is 6.18 Å². The van der Waals surface area contributed by atoms with Crippen molar-refractivity contribution >= 4 is 0 Å². The highest BCUT2D eigenvalue weighted by Gasteiger charge is 2.40. The topological polar surface area (TPSA) is 15.3 Å². The quantitative estimate of drug-likeness (QED) is 0.860. The van der Waals surface area contributed by atoms with E-state index < -0.39 is 12.2 Å². The van der Waals surface area contributed by atoms with Gasteiger partial charge in [0.2, 0.25) is 0 Å². The molecular formula is C16H23F3N2. The first-order chi connectivity index (χ1) is 9.98. The Bertz CT molecular complexity index is 413. The van der Waals surface area contributed by atoms with Gasteiger partial charge in [-0.2, -0.15) is 13.2 Å². The van der Waals surface area contributed by atoms with Crippen LogP contribution in [0.3, 0.4) is 0 Å². The maximum atomic E-state index is 13.2. The lowest BCUT2D eigenvalue weighted by atomic mass is 10.1. The monoisotopic (exact) mass is 300 g/mol. The highest BCUT2D eigenvalue weighted by molar-refractivity contribution is 5.20. The molecule has 21 heavy (non-hydrogen) atoms. The van der Waals surface area contributed by atoms with Crippen molar-refractivity contribution in [3.8, 4) is 0 Å². The molecule has 5 heteroatoms. The maximum absolute atomic E-state index is 13.2. The number of alkyl halides is 3. The third-order valence-corrected chi connectivity index (χ3v) is 4.22. The summed E-state index contributed by atoms with van der Waals surface area (Å²) in [4.78, 5) is 2.18. The van der Waals surface area contributed by atoms with Gasteiger partial charge in [-0.05, 0) is 25.5 Å². The van der Waals surface area contributed by atoms with Crippen LogP contribution in [0.15, 0.2) is 30.3 Å². The second-order valence-corrected chi connectivity index (χ2v) is 5.76. The normalized spacial score (nSPS) is 18.3. The molecule has 1 aliphatic carbocycles. The lowest BCUT2D eigenvalue weighted by Gasteiger charge is -2.27. The molecule has 1 aromatic carbocycles. The first-order valence-electron chi connectivity index (χ1n) is 7.54. The fourth-order valence-electron chi connectivity index (χ4n) is 2.98. The smallest absolute Gasteiger partial charge is 0.302 e. The Morgan fingerprint density at radius 1 is 1.19 bits per heavy atom. The summed E-state index contributed by atoms with van der Waals surface area (Å²) < 4.78 is 39.5. The summed E-state index contributed by atoms with van der Waals surface area (Å²) in [7, 11) is 2.00. The van der Waals surface area contributed by atoms with Gasteiger partial charge in [0, 0.05) is 19.1 Å². The zero-order valence-electron chi connectivity index (χ0n) is 12.4. The van der Waals surface area contributed by atoms with Crippen molar-refractivity contribution in [1.29, 1.82) is 0 Å². The minimum absolute atomic E-state index is 0.272. The molecule has 0 radical (unpaired) electrons. The van der Waals surface area contributed by atoms with E-state index >= 15 is 0 Å². The molecule has 2 rings (SSSR count). The lowest BCUT2D eigenvalue weighted by Crippen LogP contribution is -2.40. The van der Waals surface area contributed by atoms with Crippen molar-refractivity contribution in [3.05, 3.63) is 35.9 Å². The zero-order chi connectivity index (χ0) is 15.3. The Hall–Kier alpha value is -1.07. The SMILES string of the molecule is CN(CCNC(c1ccccc1)C(F)(F)F)C1CCCC1. The van der Waals surface area contributed by atoms with Gasteiger partial charge in [-0.3, -0.25) is 0 Å². The van der Waals surface area contributed by atoms with Gasteiger partial charge in [0.05, 0.1) is 0 Å². The van der Waals surface area contributed by atoms with Crippen molar-refractivity contribution < 1.29 is 13.2 Å². The summed E-state index contributed by atoms with van der Waals surface area (Å²) >= 11 is 0. The predicted molar refractivity (Wildman–Crippen MR) is 78.1 cm³/mol. The van der Waals surface area contributed by atoms with Gasteiger partial charge in [0.25, 0.3) is 0 Å². The predicted octanol–water partition coefficient (Wildman–Crippen LogP) is 3.75. The first-order valence-corrected chi connectivity index (χ1v) is 7.54. The number of benzene rings is 1. The minimum Gasteiger partial charge on any atom is -0.302 e. The van der Waals surface area contributed by atoms with E-state index in [-0.39, 0.29) is 5.56 Å². The van der Waals surface area contributed by atoms with Gasteiger partial charge in [-0.1, -0.05) is 43.2 Å². The van der Waals surface area contributed by atoms with Gasteiger partial charge in [0.1, 0.15) is 6.04 Å². The Kier molecular flexibility index (Phi) is 5.65. The van der Waals surface area contributed by atoms with Gasteiger partial charge < -0.3 is 10.2 Å². The number of hydrogen-bond acceptors (Lipinski definition) is 2. The number of nitrogens with one attached hydrogen (secondary N) is 1. The average Bonchev–Trinajstić information content (AvgIpc) is 2.97. The number of rotatable bonds is 6. The van der Waals surface area contributed by atoms with E-state index in [2.05, 4.69) is 10.2 Å². The third-order valence-electron chi connectivity index (χ3n) is 4.22. The highest BCUT2D eigenvalue weighted by atomic mass is 19.4. The van der Waals surface area contributed by atoms with E-state index in [1.54, 1.807) is 18.2 Å². The van der Waals surface area contributed by atoms with Crippen LogP contribution in [-0.2, 0) is 0 Å². The lowest BCUT2D eigenvalue weighted by molar-refractivity contribution is -0.157. The third kappa shape index (κ3) is 4.71. The molecule has 1 atom stereocenters. The largest absolute Gasteiger partial charge is 0.407 e. The molecule has 118 valence electrons. The van der Waals surface area contributed by atoms with Crippen molar-refractivity contribution in [2.24, 2.45) is 0 Å². The van der Waals surface area contributed by atoms with E-state index in [1.807, 2.05) is 7.05 Å². The average molecular weight is 300 g/mol. The summed E-state index contributed by atoms with van der Waals surface area (Å²) in [5.41, 5.74) is 0.272. The number of nitrogens with zero attached hydrogens (tertiary/aromatic N) is 1. The maximum Gasteiger partial charge on any atom is 0.407 e. The molecule has 0 aliphatic heterocycles. The molecule has 1 saturated carbocycles. The molecular weight excluding hydrogens is 277 g/mol. The van der Waals surface area contributed by atoms with Crippen LogP contribution in [0.4, 0.5) is 13.2 Å². The summed E-state index contributed by atoms with van der Waals surface area (Å²) in [6.07, 6.45) is 0.526. The van der Waals surface area contributed by atoms with Crippen LogP contribution >= 0.6 is 0 Å². The second kappa shape index (κ2) is 7.27. The van der Waals surface area contributed by atoms with Gasteiger partial charge in [0.15, 0.2) is 0 Å². The molecule has 0 saturated heterocycles. The second-order valence-electron chi connectivity index (χ2n) is 5.76. The Morgan fingerprint density at radius 3 is 2.38 bits per heavy atom. The molecule has 1 fully saturated rings. The molecule has 0 aromatic heterocycles. The van der Waals surface area contributed by atoms with Crippen molar-refractivity contribution in [3.63, 3.8) is 0 Å². The van der Waals surface area contributed by atoms with Crippen molar-refractivity contribution in [2.45, 2.75) is 43.9 Å². The van der Waals surface area contributed by atoms with E-state index in [0.29, 0.717) is 19.1 Å². The van der Waals surface area contributed by atoms with Crippen molar-refractivity contribution in [2.75, 3.05) is 20.1 Å². The molecule has 1 unspecified atom stereocenters. The summed E-state index contributed by atoms with van der Waals surface area (Å²) in [6, 6.07) is 6.99. The zero-order valence-corrected chi connectivity index (χ0v) is 12.4. The van der Waals surface area contributed by atoms with E-state index in [9.17, 15) is 13.2 Å². The van der Waals surface area contributed by atoms with E-state index in [0.717, 1.165) is 12.8 Å². The molecule has 1 aromatic rings. The highest BCUT2D eigenvalue weighted by Crippen LogP contribution is 2.32. The molecule has 1 aliphatic rings. The number of halogens is 3. The summed E-state index contributed by atoms with van der Waals surface area (Å²) in [5.74, 6) is 0. The summed E-state index contributed by atoms with van der Waals surface area (Å²) in [6.45, 7) is 0.982. The molecule has 1 N–H and O–H groups in total. The van der Waals surface area contributed by atoms with Crippen LogP contribution in [0.5, 0.6) is 0 Å². The van der Waals surface area contributed by atoms with Crippen LogP contribution in [0.1, 0.15) is 37.3 Å². The molecule has 0 spiro atoms. The van der Waals surface area contributed by atoms with Gasteiger partial charge in [-0.15, -0.1) is 0 Å². The fraction of sp³-hybridized carbons (Fsp3) is 0.625. The fourth-order valence-corrected chi connectivity index (χ4v) is 2.98. The molecule has 0 amide bonds. The standard InChI is InChI=1S/C16H23F3N2/c1-21(14-9-5-6-10-14)12-11-20-15(16(17,18)19)13-7-3-2-4-8-13/h2-4,7-8,14-15,20H,5-6,9-12H2,1H3. The molecule has 0 heterocycles. The van der Waals surface area contributed by atoms with Crippen molar-refractivity contribution in [1.82, 2.24) is 10.2 Å². The Morgan fingerprint density at radius 2 is 1.81 bits per heavy atom. The Balaban J connectivity index is 1.88. The van der Waals surface area contributed by atoms with E-state index in [4.69, 9.17) is 0 Å². The molecule has 0 bridgehead atoms. The Labute approximate surface area is 124 Å². The van der Waals surface area contributed by atoms with Crippen LogP contribution < -0.4 is 5.32 Å². The molecule has 2 nitrogen and oxygen atoms in total. The summed E-state index contributed by atoms with van der Waals surface area (Å²) in [5, 5.41) is 2.66. The van der Waals surface area contributed by atoms with Crippen LogP contribution in [0.2, 0.25) is 0 Å². The minimum atomic E-state index is -4.27. The number of hydrogen-bond donors (Lipinski definition) is 1. The van der Waals surface area contributed by atoms with Crippen LogP contribution in [-0.4, -0.2) is 37.3 Å². The van der Waals surface area contributed by atoms with Crippen LogP contribution in [0, 0.1) is 0 Å². The van der Waals surface area contributed by atoms with Crippen LogP contribution in [0.25, 0.3) is 0 Å².